The van der Waals surface area contributed by atoms with Gasteiger partial charge in [0.05, 0.1) is 20.3 Å². The van der Waals surface area contributed by atoms with Crippen LogP contribution in [0.1, 0.15) is 24.3 Å². The van der Waals surface area contributed by atoms with E-state index >= 15 is 0 Å². The minimum Gasteiger partial charge on any atom is -0.550 e. The van der Waals surface area contributed by atoms with Crippen molar-refractivity contribution in [2.24, 2.45) is 5.92 Å². The summed E-state index contributed by atoms with van der Waals surface area (Å²) in [7, 11) is 0.00121. The van der Waals surface area contributed by atoms with Gasteiger partial charge in [-0.25, -0.2) is 8.42 Å². The van der Waals surface area contributed by atoms with E-state index in [1.807, 2.05) is 14.1 Å². The monoisotopic (exact) mass is 343 g/mol. The molecule has 1 saturated heterocycles. The highest BCUT2D eigenvalue weighted by molar-refractivity contribution is 7.89. The molecule has 2 rings (SSSR count). The van der Waals surface area contributed by atoms with Crippen molar-refractivity contribution < 1.29 is 27.7 Å². The normalized spacial score (nSPS) is 18.1. The second-order valence-electron chi connectivity index (χ2n) is 5.87. The van der Waals surface area contributed by atoms with Crippen molar-refractivity contribution in [2.45, 2.75) is 24.7 Å². The number of carboxylic acids is 1. The van der Waals surface area contributed by atoms with E-state index in [4.69, 9.17) is 4.52 Å². The Morgan fingerprint density at radius 3 is 2.52 bits per heavy atom. The molecule has 0 aromatic carbocycles. The summed E-state index contributed by atoms with van der Waals surface area (Å²) in [6, 6.07) is 0. The SMILES string of the molecule is Cc1noc(C=C[NH+](C)C)c1S(=O)(=O)N1CCC(C(=O)[O-])CC1. The standard InChI is InChI=1S/C14H21N3O5S/c1-10-13(12(22-15-10)6-7-16(2)3)23(20,21)17-8-4-11(5-9-17)14(18)19/h6-7,11H,4-5,8-9H2,1-3H3,(H,18,19). The Labute approximate surface area is 135 Å². The van der Waals surface area contributed by atoms with Crippen molar-refractivity contribution in [1.82, 2.24) is 9.46 Å². The Morgan fingerprint density at radius 2 is 2.00 bits per heavy atom. The molecule has 23 heavy (non-hydrogen) atoms. The van der Waals surface area contributed by atoms with E-state index < -0.39 is 21.9 Å². The number of carbonyl (C=O) groups is 1. The third-order valence-corrected chi connectivity index (χ3v) is 5.84. The zero-order chi connectivity index (χ0) is 17.2. The topological polar surface area (TPSA) is 108 Å². The molecule has 0 bridgehead atoms. The molecular formula is C14H21N3O5S. The fourth-order valence-corrected chi connectivity index (χ4v) is 4.22. The van der Waals surface area contributed by atoms with Crippen LogP contribution in [0.15, 0.2) is 15.6 Å². The number of piperidine rings is 1. The zero-order valence-corrected chi connectivity index (χ0v) is 14.2. The van der Waals surface area contributed by atoms with Crippen LogP contribution >= 0.6 is 0 Å². The smallest absolute Gasteiger partial charge is 0.248 e. The van der Waals surface area contributed by atoms with E-state index in [-0.39, 0.29) is 36.6 Å². The van der Waals surface area contributed by atoms with E-state index in [2.05, 4.69) is 5.16 Å². The van der Waals surface area contributed by atoms with Crippen molar-refractivity contribution in [3.05, 3.63) is 17.7 Å². The number of aryl methyl sites for hydroxylation is 1. The molecule has 0 unspecified atom stereocenters. The molecular weight excluding hydrogens is 322 g/mol. The van der Waals surface area contributed by atoms with Crippen molar-refractivity contribution >= 4 is 22.1 Å². The highest BCUT2D eigenvalue weighted by atomic mass is 32.2. The first-order valence-electron chi connectivity index (χ1n) is 7.39. The van der Waals surface area contributed by atoms with Crippen LogP contribution in [-0.4, -0.2) is 51.0 Å². The first-order valence-corrected chi connectivity index (χ1v) is 8.83. The molecule has 0 saturated carbocycles. The number of carboxylic acid groups (broad SMARTS) is 1. The highest BCUT2D eigenvalue weighted by Gasteiger charge is 2.34. The maximum absolute atomic E-state index is 12.8. The lowest BCUT2D eigenvalue weighted by atomic mass is 9.99. The van der Waals surface area contributed by atoms with E-state index in [9.17, 15) is 18.3 Å². The fraction of sp³-hybridized carbons (Fsp3) is 0.571. The quantitative estimate of drug-likeness (QED) is 0.679. The number of hydrogen-bond donors (Lipinski definition) is 1. The van der Waals surface area contributed by atoms with Gasteiger partial charge in [-0.2, -0.15) is 4.31 Å². The van der Waals surface area contributed by atoms with Gasteiger partial charge >= 0.3 is 0 Å². The number of nitrogens with zero attached hydrogens (tertiary/aromatic N) is 2. The van der Waals surface area contributed by atoms with Crippen molar-refractivity contribution in [3.63, 3.8) is 0 Å². The maximum Gasteiger partial charge on any atom is 0.248 e. The van der Waals surface area contributed by atoms with Gasteiger partial charge in [0, 0.05) is 31.1 Å². The number of hydrogen-bond acceptors (Lipinski definition) is 6. The summed E-state index contributed by atoms with van der Waals surface area (Å²) in [5, 5.41) is 14.6. The average molecular weight is 343 g/mol. The van der Waals surface area contributed by atoms with Crippen LogP contribution < -0.4 is 10.0 Å². The predicted molar refractivity (Wildman–Crippen MR) is 79.6 cm³/mol. The Morgan fingerprint density at radius 1 is 1.39 bits per heavy atom. The molecule has 0 aliphatic carbocycles. The van der Waals surface area contributed by atoms with Crippen LogP contribution in [-0.2, 0) is 14.8 Å². The fourth-order valence-electron chi connectivity index (χ4n) is 2.50. The Bertz CT molecular complexity index is 700. The largest absolute Gasteiger partial charge is 0.550 e. The second-order valence-corrected chi connectivity index (χ2v) is 7.74. The molecule has 128 valence electrons. The van der Waals surface area contributed by atoms with Crippen LogP contribution in [0.5, 0.6) is 0 Å². The predicted octanol–water partition coefficient (Wildman–Crippen LogP) is -1.75. The molecule has 0 atom stereocenters. The Hall–Kier alpha value is -1.71. The number of aromatic nitrogens is 1. The van der Waals surface area contributed by atoms with E-state index in [1.54, 1.807) is 19.2 Å². The number of sulfonamides is 1. The summed E-state index contributed by atoms with van der Waals surface area (Å²) in [5.41, 5.74) is 0.292. The van der Waals surface area contributed by atoms with Crippen LogP contribution in [0.4, 0.5) is 0 Å². The van der Waals surface area contributed by atoms with E-state index in [0.29, 0.717) is 5.69 Å². The molecule has 9 heteroatoms. The molecule has 1 aromatic rings. The number of rotatable bonds is 5. The number of carbonyl (C=O) groups excluding carboxylic acids is 1. The van der Waals surface area contributed by atoms with Gasteiger partial charge in [-0.05, 0) is 19.8 Å². The van der Waals surface area contributed by atoms with Gasteiger partial charge in [-0.1, -0.05) is 5.16 Å². The van der Waals surface area contributed by atoms with Crippen molar-refractivity contribution in [1.29, 1.82) is 0 Å². The molecule has 0 radical (unpaired) electrons. The lowest BCUT2D eigenvalue weighted by Crippen LogP contribution is -3.00. The average Bonchev–Trinajstić information content (AvgIpc) is 2.86. The lowest BCUT2D eigenvalue weighted by molar-refractivity contribution is -0.800. The molecule has 1 N–H and O–H groups in total. The van der Waals surface area contributed by atoms with Gasteiger partial charge in [0.25, 0.3) is 0 Å². The summed E-state index contributed by atoms with van der Waals surface area (Å²) in [4.78, 5) is 11.9. The molecule has 1 aromatic heterocycles. The van der Waals surface area contributed by atoms with Gasteiger partial charge in [0.2, 0.25) is 10.0 Å². The van der Waals surface area contributed by atoms with Crippen molar-refractivity contribution in [3.8, 4) is 0 Å². The molecule has 0 spiro atoms. The second kappa shape index (κ2) is 6.81. The minimum atomic E-state index is -3.77. The first kappa shape index (κ1) is 17.6. The Kier molecular flexibility index (Phi) is 5.23. The number of aliphatic carboxylic acids is 1. The summed E-state index contributed by atoms with van der Waals surface area (Å²) in [6.45, 7) is 1.87. The third kappa shape index (κ3) is 3.80. The van der Waals surface area contributed by atoms with Gasteiger partial charge in [0.1, 0.15) is 5.69 Å². The molecule has 2 heterocycles. The first-order chi connectivity index (χ1) is 10.7. The summed E-state index contributed by atoms with van der Waals surface area (Å²) in [5.74, 6) is -1.53. The maximum atomic E-state index is 12.8. The highest BCUT2D eigenvalue weighted by Crippen LogP contribution is 2.28. The molecule has 1 aliphatic rings. The van der Waals surface area contributed by atoms with Crippen LogP contribution in [0, 0.1) is 12.8 Å². The summed E-state index contributed by atoms with van der Waals surface area (Å²) in [6.07, 6.45) is 3.83. The molecule has 8 nitrogen and oxygen atoms in total. The Balaban J connectivity index is 2.27. The van der Waals surface area contributed by atoms with Crippen molar-refractivity contribution in [2.75, 3.05) is 27.2 Å². The lowest BCUT2D eigenvalue weighted by Gasteiger charge is -2.31. The van der Waals surface area contributed by atoms with Crippen LogP contribution in [0.2, 0.25) is 0 Å². The molecule has 1 aliphatic heterocycles. The third-order valence-electron chi connectivity index (χ3n) is 3.79. The summed E-state index contributed by atoms with van der Waals surface area (Å²) >= 11 is 0. The summed E-state index contributed by atoms with van der Waals surface area (Å²) < 4.78 is 32.1. The van der Waals surface area contributed by atoms with Gasteiger partial charge in [-0.3, -0.25) is 0 Å². The molecule has 0 amide bonds. The van der Waals surface area contributed by atoms with Gasteiger partial charge < -0.3 is 19.3 Å². The molecule has 1 fully saturated rings. The van der Waals surface area contributed by atoms with Crippen LogP contribution in [0.25, 0.3) is 6.08 Å². The van der Waals surface area contributed by atoms with Gasteiger partial charge in [0.15, 0.2) is 10.7 Å². The van der Waals surface area contributed by atoms with E-state index in [0.717, 1.165) is 4.90 Å². The van der Waals surface area contributed by atoms with Crippen LogP contribution in [0.3, 0.4) is 0 Å². The van der Waals surface area contributed by atoms with E-state index in [1.165, 1.54) is 4.31 Å². The minimum absolute atomic E-state index is 0.0434. The number of quaternary nitrogens is 1. The zero-order valence-electron chi connectivity index (χ0n) is 13.4. The van der Waals surface area contributed by atoms with Gasteiger partial charge in [-0.15, -0.1) is 0 Å². The number of nitrogens with one attached hydrogen (secondary N) is 1.